The zero-order valence-corrected chi connectivity index (χ0v) is 9.72. The highest BCUT2D eigenvalue weighted by Gasteiger charge is 2.18. The van der Waals surface area contributed by atoms with Gasteiger partial charge in [0.05, 0.1) is 6.61 Å². The lowest BCUT2D eigenvalue weighted by atomic mass is 10.1. The first-order chi connectivity index (χ1) is 6.72. The summed E-state index contributed by atoms with van der Waals surface area (Å²) in [6.07, 6.45) is 5.13. The number of ether oxygens (including phenoxy) is 1. The van der Waals surface area contributed by atoms with Crippen LogP contribution >= 0.6 is 0 Å². The van der Waals surface area contributed by atoms with E-state index in [9.17, 15) is 4.21 Å². The number of rotatable bonds is 6. The molecule has 14 heavy (non-hydrogen) atoms. The van der Waals surface area contributed by atoms with Crippen LogP contribution in [0.1, 0.15) is 25.7 Å². The van der Waals surface area contributed by atoms with Gasteiger partial charge in [-0.3, -0.25) is 4.21 Å². The third kappa shape index (κ3) is 4.53. The van der Waals surface area contributed by atoms with Crippen molar-refractivity contribution in [3.8, 4) is 0 Å². The fourth-order valence-corrected chi connectivity index (χ4v) is 3.58. The number of nitrogens with two attached hydrogens (primary N) is 1. The van der Waals surface area contributed by atoms with E-state index >= 15 is 0 Å². The first-order valence-corrected chi connectivity index (χ1v) is 6.80. The average molecular weight is 219 g/mol. The molecule has 0 aromatic carbocycles. The summed E-state index contributed by atoms with van der Waals surface area (Å²) in [5, 5.41) is 0. The summed E-state index contributed by atoms with van der Waals surface area (Å²) in [6.45, 7) is 0.510. The highest BCUT2D eigenvalue weighted by molar-refractivity contribution is 7.85. The molecule has 1 aliphatic rings. The molecule has 4 heteroatoms. The lowest BCUT2D eigenvalue weighted by Gasteiger charge is -2.12. The molecule has 1 fully saturated rings. The van der Waals surface area contributed by atoms with Crippen LogP contribution in [0.5, 0.6) is 0 Å². The Morgan fingerprint density at radius 1 is 1.50 bits per heavy atom. The Morgan fingerprint density at radius 3 is 2.71 bits per heavy atom. The minimum absolute atomic E-state index is 0.0674. The Bertz CT molecular complexity index is 181. The molecular weight excluding hydrogens is 198 g/mol. The van der Waals surface area contributed by atoms with Crippen molar-refractivity contribution in [3.05, 3.63) is 0 Å². The fraction of sp³-hybridized carbons (Fsp3) is 1.00. The van der Waals surface area contributed by atoms with Crippen LogP contribution in [0.3, 0.4) is 0 Å². The molecule has 2 unspecified atom stereocenters. The smallest absolute Gasteiger partial charge is 0.0622 e. The predicted octanol–water partition coefficient (Wildman–Crippen LogP) is 0.899. The van der Waals surface area contributed by atoms with Gasteiger partial charge in [-0.1, -0.05) is 12.8 Å². The molecule has 0 aliphatic heterocycles. The number of methoxy groups -OCH3 is 1. The van der Waals surface area contributed by atoms with Crippen molar-refractivity contribution in [2.45, 2.75) is 31.7 Å². The molecule has 2 atom stereocenters. The van der Waals surface area contributed by atoms with Crippen molar-refractivity contribution in [3.63, 3.8) is 0 Å². The van der Waals surface area contributed by atoms with Gasteiger partial charge in [0.1, 0.15) is 0 Å². The largest absolute Gasteiger partial charge is 0.383 e. The van der Waals surface area contributed by atoms with Gasteiger partial charge in [-0.25, -0.2) is 0 Å². The second-order valence-corrected chi connectivity index (χ2v) is 5.69. The van der Waals surface area contributed by atoms with Gasteiger partial charge in [-0.05, 0) is 18.8 Å². The first-order valence-electron chi connectivity index (χ1n) is 5.32. The monoisotopic (exact) mass is 219 g/mol. The highest BCUT2D eigenvalue weighted by Crippen LogP contribution is 2.25. The lowest BCUT2D eigenvalue weighted by molar-refractivity contribution is 0.186. The van der Waals surface area contributed by atoms with Crippen LogP contribution < -0.4 is 5.73 Å². The Kier molecular flexibility index (Phi) is 5.67. The van der Waals surface area contributed by atoms with Crippen LogP contribution in [0.4, 0.5) is 0 Å². The van der Waals surface area contributed by atoms with Gasteiger partial charge in [0, 0.05) is 35.5 Å². The molecule has 2 N–H and O–H groups in total. The van der Waals surface area contributed by atoms with E-state index in [1.807, 2.05) is 0 Å². The summed E-state index contributed by atoms with van der Waals surface area (Å²) in [4.78, 5) is 0. The topological polar surface area (TPSA) is 52.3 Å². The van der Waals surface area contributed by atoms with Crippen molar-refractivity contribution in [1.29, 1.82) is 0 Å². The van der Waals surface area contributed by atoms with E-state index < -0.39 is 10.8 Å². The van der Waals surface area contributed by atoms with Gasteiger partial charge >= 0.3 is 0 Å². The van der Waals surface area contributed by atoms with Gasteiger partial charge in [0.2, 0.25) is 0 Å². The van der Waals surface area contributed by atoms with Crippen molar-refractivity contribution in [1.82, 2.24) is 0 Å². The van der Waals surface area contributed by atoms with Gasteiger partial charge in [0.15, 0.2) is 0 Å². The van der Waals surface area contributed by atoms with E-state index in [2.05, 4.69) is 0 Å². The van der Waals surface area contributed by atoms with Gasteiger partial charge in [-0.2, -0.15) is 0 Å². The fourth-order valence-electron chi connectivity index (χ4n) is 2.01. The number of hydrogen-bond donors (Lipinski definition) is 1. The molecular formula is C10H21NO2S. The summed E-state index contributed by atoms with van der Waals surface area (Å²) in [6, 6.07) is -0.0674. The van der Waals surface area contributed by atoms with E-state index in [0.717, 1.165) is 5.75 Å². The zero-order chi connectivity index (χ0) is 10.4. The second-order valence-electron chi connectivity index (χ2n) is 4.14. The summed E-state index contributed by atoms with van der Waals surface area (Å²) < 4.78 is 16.6. The lowest BCUT2D eigenvalue weighted by Crippen LogP contribution is -2.33. The first kappa shape index (κ1) is 12.1. The summed E-state index contributed by atoms with van der Waals surface area (Å²) >= 11 is 0. The van der Waals surface area contributed by atoms with Crippen molar-refractivity contribution in [2.24, 2.45) is 11.7 Å². The maximum absolute atomic E-state index is 11.7. The Labute approximate surface area is 88.8 Å². The maximum atomic E-state index is 11.7. The molecule has 0 bridgehead atoms. The van der Waals surface area contributed by atoms with E-state index in [-0.39, 0.29) is 6.04 Å². The van der Waals surface area contributed by atoms with Crippen molar-refractivity contribution < 1.29 is 8.95 Å². The summed E-state index contributed by atoms with van der Waals surface area (Å²) in [5.74, 6) is 2.12. The van der Waals surface area contributed by atoms with Gasteiger partial charge in [0.25, 0.3) is 0 Å². The Hall–Kier alpha value is 0.0700. The van der Waals surface area contributed by atoms with Crippen LogP contribution in [0.15, 0.2) is 0 Å². The minimum Gasteiger partial charge on any atom is -0.383 e. The second kappa shape index (κ2) is 6.53. The van der Waals surface area contributed by atoms with Crippen LogP contribution in [0.2, 0.25) is 0 Å². The quantitative estimate of drug-likeness (QED) is 0.722. The normalized spacial score (nSPS) is 22.4. The van der Waals surface area contributed by atoms with Crippen molar-refractivity contribution >= 4 is 10.8 Å². The number of hydrogen-bond acceptors (Lipinski definition) is 3. The third-order valence-corrected chi connectivity index (χ3v) is 4.32. The van der Waals surface area contributed by atoms with Crippen LogP contribution in [-0.2, 0) is 15.5 Å². The van der Waals surface area contributed by atoms with E-state index in [1.54, 1.807) is 7.11 Å². The standard InChI is InChI=1S/C10H21NO2S/c1-13-6-10(11)8-14(12)7-9-4-2-3-5-9/h9-10H,2-8,11H2,1H3. The van der Waals surface area contributed by atoms with E-state index in [4.69, 9.17) is 10.5 Å². The molecule has 0 amide bonds. The van der Waals surface area contributed by atoms with Gasteiger partial charge in [-0.15, -0.1) is 0 Å². The summed E-state index contributed by atoms with van der Waals surface area (Å²) in [5.41, 5.74) is 5.74. The van der Waals surface area contributed by atoms with E-state index in [0.29, 0.717) is 18.3 Å². The predicted molar refractivity (Wildman–Crippen MR) is 59.7 cm³/mol. The molecule has 0 heterocycles. The highest BCUT2D eigenvalue weighted by atomic mass is 32.2. The molecule has 3 nitrogen and oxygen atoms in total. The molecule has 0 aromatic heterocycles. The average Bonchev–Trinajstić information content (AvgIpc) is 2.56. The maximum Gasteiger partial charge on any atom is 0.0622 e. The molecule has 1 aliphatic carbocycles. The molecule has 0 aromatic rings. The Morgan fingerprint density at radius 2 is 2.14 bits per heavy atom. The van der Waals surface area contributed by atoms with Gasteiger partial charge < -0.3 is 10.5 Å². The SMILES string of the molecule is COCC(N)CS(=O)CC1CCCC1. The Balaban J connectivity index is 2.14. The zero-order valence-electron chi connectivity index (χ0n) is 8.91. The molecule has 1 rings (SSSR count). The van der Waals surface area contributed by atoms with E-state index in [1.165, 1.54) is 25.7 Å². The third-order valence-electron chi connectivity index (χ3n) is 2.68. The van der Waals surface area contributed by atoms with Crippen LogP contribution in [0, 0.1) is 5.92 Å². The van der Waals surface area contributed by atoms with Crippen LogP contribution in [-0.4, -0.2) is 35.5 Å². The van der Waals surface area contributed by atoms with Crippen molar-refractivity contribution in [2.75, 3.05) is 25.2 Å². The molecule has 0 radical (unpaired) electrons. The molecule has 0 saturated heterocycles. The minimum atomic E-state index is -0.746. The van der Waals surface area contributed by atoms with Crippen LogP contribution in [0.25, 0.3) is 0 Å². The molecule has 0 spiro atoms. The summed E-state index contributed by atoms with van der Waals surface area (Å²) in [7, 11) is 0.878. The molecule has 1 saturated carbocycles. The molecule has 84 valence electrons.